The number of carbonyl (C=O) groups is 2. The number of alkyl halides is 3. The van der Waals surface area contributed by atoms with Gasteiger partial charge in [-0.15, -0.1) is 0 Å². The topological polar surface area (TPSA) is 84.4 Å². The Kier molecular flexibility index (Phi) is 7.91. The molecule has 3 heterocycles. The van der Waals surface area contributed by atoms with Crippen LogP contribution in [-0.4, -0.2) is 41.5 Å². The van der Waals surface area contributed by atoms with Gasteiger partial charge in [0.25, 0.3) is 11.8 Å². The predicted octanol–water partition coefficient (Wildman–Crippen LogP) is 5.81. The number of anilines is 2. The first-order chi connectivity index (χ1) is 18.1. The smallest absolute Gasteiger partial charge is 0.376 e. The highest BCUT2D eigenvalue weighted by atomic mass is 19.4. The lowest BCUT2D eigenvalue weighted by Gasteiger charge is -2.25. The molecule has 1 aliphatic rings. The molecule has 2 aromatic heterocycles. The summed E-state index contributed by atoms with van der Waals surface area (Å²) in [5, 5.41) is 2.64. The molecular formula is C28H27F3N4O3. The molecule has 1 aromatic carbocycles. The SMILES string of the molecule is CCN(C(=O)C1=C(C)CCOC1)c1ccc(-c2cc(NC(=O)c3ccnc(C(F)(F)F)c3)ccc2C)cn1. The van der Waals surface area contributed by atoms with Crippen molar-refractivity contribution in [2.75, 3.05) is 30.0 Å². The molecule has 10 heteroatoms. The molecule has 198 valence electrons. The maximum atomic E-state index is 13.1. The molecule has 38 heavy (non-hydrogen) atoms. The Labute approximate surface area is 218 Å². The Balaban J connectivity index is 1.55. The van der Waals surface area contributed by atoms with E-state index in [1.165, 1.54) is 6.07 Å². The summed E-state index contributed by atoms with van der Waals surface area (Å²) >= 11 is 0. The normalized spacial score (nSPS) is 13.8. The van der Waals surface area contributed by atoms with Gasteiger partial charge in [0.1, 0.15) is 11.5 Å². The van der Waals surface area contributed by atoms with Gasteiger partial charge in [0, 0.05) is 41.3 Å². The molecule has 0 unspecified atom stereocenters. The zero-order valence-corrected chi connectivity index (χ0v) is 21.2. The Morgan fingerprint density at radius 1 is 1.08 bits per heavy atom. The van der Waals surface area contributed by atoms with Crippen molar-refractivity contribution in [1.82, 2.24) is 9.97 Å². The molecule has 0 radical (unpaired) electrons. The summed E-state index contributed by atoms with van der Waals surface area (Å²) in [7, 11) is 0. The third-order valence-corrected chi connectivity index (χ3v) is 6.35. The Morgan fingerprint density at radius 3 is 2.53 bits per heavy atom. The number of amides is 2. The van der Waals surface area contributed by atoms with Crippen molar-refractivity contribution in [2.24, 2.45) is 0 Å². The number of pyridine rings is 2. The van der Waals surface area contributed by atoms with Gasteiger partial charge in [-0.2, -0.15) is 13.2 Å². The standard InChI is InChI=1S/C28H27F3N4O3/c1-4-35(27(37)23-16-38-12-10-18(23)3)25-8-6-20(15-33-25)22-14-21(7-5-17(22)2)34-26(36)19-9-11-32-24(13-19)28(29,30)31/h5-9,11,13-15H,4,10,12,16H2,1-3H3,(H,34,36). The van der Waals surface area contributed by atoms with Gasteiger partial charge in [0.2, 0.25) is 0 Å². The van der Waals surface area contributed by atoms with E-state index in [2.05, 4.69) is 15.3 Å². The first kappa shape index (κ1) is 27.0. The van der Waals surface area contributed by atoms with Crippen LogP contribution >= 0.6 is 0 Å². The molecule has 0 bridgehead atoms. The number of carbonyl (C=O) groups excluding carboxylic acids is 2. The van der Waals surface area contributed by atoms with Gasteiger partial charge in [-0.3, -0.25) is 19.5 Å². The minimum atomic E-state index is -4.65. The van der Waals surface area contributed by atoms with Crippen LogP contribution in [0.4, 0.5) is 24.7 Å². The number of nitrogens with one attached hydrogen (secondary N) is 1. The largest absolute Gasteiger partial charge is 0.433 e. The second-order valence-electron chi connectivity index (χ2n) is 8.93. The lowest BCUT2D eigenvalue weighted by molar-refractivity contribution is -0.141. The number of likely N-dealkylation sites (N-methyl/N-ethyl adjacent to an activating group) is 1. The van der Waals surface area contributed by atoms with E-state index < -0.39 is 17.8 Å². The number of hydrogen-bond acceptors (Lipinski definition) is 5. The zero-order valence-electron chi connectivity index (χ0n) is 21.2. The molecule has 1 N–H and O–H groups in total. The molecule has 0 atom stereocenters. The first-order valence-electron chi connectivity index (χ1n) is 12.1. The number of nitrogens with zero attached hydrogens (tertiary/aromatic N) is 3. The van der Waals surface area contributed by atoms with E-state index in [0.717, 1.165) is 34.9 Å². The van der Waals surface area contributed by atoms with Crippen LogP contribution in [0.2, 0.25) is 0 Å². The fourth-order valence-corrected chi connectivity index (χ4v) is 4.14. The number of rotatable bonds is 6. The summed E-state index contributed by atoms with van der Waals surface area (Å²) in [5.74, 6) is -0.308. The van der Waals surface area contributed by atoms with Crippen molar-refractivity contribution >= 4 is 23.3 Å². The Morgan fingerprint density at radius 2 is 1.87 bits per heavy atom. The van der Waals surface area contributed by atoms with Gasteiger partial charge >= 0.3 is 6.18 Å². The summed E-state index contributed by atoms with van der Waals surface area (Å²) < 4.78 is 44.4. The van der Waals surface area contributed by atoms with E-state index in [0.29, 0.717) is 36.3 Å². The van der Waals surface area contributed by atoms with Gasteiger partial charge in [0.05, 0.1) is 13.2 Å². The van der Waals surface area contributed by atoms with Crippen molar-refractivity contribution in [1.29, 1.82) is 0 Å². The summed E-state index contributed by atoms with van der Waals surface area (Å²) in [6.07, 6.45) is -1.32. The second kappa shape index (κ2) is 11.1. The fraction of sp³-hybridized carbons (Fsp3) is 0.286. The average molecular weight is 525 g/mol. The number of benzene rings is 1. The van der Waals surface area contributed by atoms with Crippen molar-refractivity contribution in [3.8, 4) is 11.1 Å². The van der Waals surface area contributed by atoms with E-state index in [1.54, 1.807) is 35.4 Å². The molecule has 1 aliphatic heterocycles. The van der Waals surface area contributed by atoms with Crippen molar-refractivity contribution in [2.45, 2.75) is 33.4 Å². The lowest BCUT2D eigenvalue weighted by Crippen LogP contribution is -2.35. The van der Waals surface area contributed by atoms with Crippen molar-refractivity contribution in [3.63, 3.8) is 0 Å². The molecule has 0 fully saturated rings. The summed E-state index contributed by atoms with van der Waals surface area (Å²) in [6.45, 7) is 7.05. The quantitative estimate of drug-likeness (QED) is 0.440. The summed E-state index contributed by atoms with van der Waals surface area (Å²) in [5.41, 5.74) is 3.24. The van der Waals surface area contributed by atoms with Gasteiger partial charge in [0.15, 0.2) is 0 Å². The second-order valence-corrected chi connectivity index (χ2v) is 8.93. The number of halogens is 3. The van der Waals surface area contributed by atoms with Gasteiger partial charge in [-0.25, -0.2) is 4.98 Å². The molecule has 3 aromatic rings. The van der Waals surface area contributed by atoms with Gasteiger partial charge in [-0.05, 0) is 74.7 Å². The minimum Gasteiger partial charge on any atom is -0.376 e. The predicted molar refractivity (Wildman–Crippen MR) is 138 cm³/mol. The Hall–Kier alpha value is -4.05. The lowest BCUT2D eigenvalue weighted by atomic mass is 10.0. The van der Waals surface area contributed by atoms with Crippen LogP contribution in [0.1, 0.15) is 41.9 Å². The van der Waals surface area contributed by atoms with Gasteiger partial charge in [-0.1, -0.05) is 11.6 Å². The van der Waals surface area contributed by atoms with E-state index in [9.17, 15) is 22.8 Å². The number of hydrogen-bond donors (Lipinski definition) is 1. The number of ether oxygens (including phenoxy) is 1. The van der Waals surface area contributed by atoms with Crippen LogP contribution in [0.3, 0.4) is 0 Å². The average Bonchev–Trinajstić information content (AvgIpc) is 2.90. The highest BCUT2D eigenvalue weighted by Gasteiger charge is 2.33. The van der Waals surface area contributed by atoms with Crippen LogP contribution in [0.25, 0.3) is 11.1 Å². The van der Waals surface area contributed by atoms with Crippen molar-refractivity contribution < 1.29 is 27.5 Å². The number of aromatic nitrogens is 2. The van der Waals surface area contributed by atoms with Crippen LogP contribution in [0, 0.1) is 6.92 Å². The number of aryl methyl sites for hydroxylation is 1. The van der Waals surface area contributed by atoms with E-state index in [1.807, 2.05) is 26.8 Å². The maximum absolute atomic E-state index is 13.1. The third kappa shape index (κ3) is 5.91. The minimum absolute atomic E-state index is 0.129. The molecule has 2 amide bonds. The van der Waals surface area contributed by atoms with Crippen LogP contribution in [0.5, 0.6) is 0 Å². The first-order valence-corrected chi connectivity index (χ1v) is 12.1. The molecule has 7 nitrogen and oxygen atoms in total. The van der Waals surface area contributed by atoms with Crippen molar-refractivity contribution in [3.05, 3.63) is 82.8 Å². The maximum Gasteiger partial charge on any atom is 0.433 e. The van der Waals surface area contributed by atoms with E-state index in [-0.39, 0.29) is 18.1 Å². The van der Waals surface area contributed by atoms with E-state index >= 15 is 0 Å². The third-order valence-electron chi connectivity index (χ3n) is 6.35. The summed E-state index contributed by atoms with van der Waals surface area (Å²) in [4.78, 5) is 35.2. The molecule has 0 spiro atoms. The zero-order chi connectivity index (χ0) is 27.4. The van der Waals surface area contributed by atoms with Crippen LogP contribution in [-0.2, 0) is 15.7 Å². The molecule has 0 aliphatic carbocycles. The Bertz CT molecular complexity index is 1380. The monoisotopic (exact) mass is 524 g/mol. The van der Waals surface area contributed by atoms with Crippen LogP contribution in [0.15, 0.2) is 66.0 Å². The molecule has 0 saturated heterocycles. The highest BCUT2D eigenvalue weighted by Crippen LogP contribution is 2.30. The molecule has 4 rings (SSSR count). The fourth-order valence-electron chi connectivity index (χ4n) is 4.14. The molecule has 0 saturated carbocycles. The summed E-state index contributed by atoms with van der Waals surface area (Å²) in [6, 6.07) is 10.7. The van der Waals surface area contributed by atoms with E-state index in [4.69, 9.17) is 4.74 Å². The van der Waals surface area contributed by atoms with Crippen LogP contribution < -0.4 is 10.2 Å². The highest BCUT2D eigenvalue weighted by molar-refractivity contribution is 6.06. The molecular weight excluding hydrogens is 497 g/mol. The van der Waals surface area contributed by atoms with Gasteiger partial charge < -0.3 is 10.1 Å².